The van der Waals surface area contributed by atoms with Gasteiger partial charge in [0.1, 0.15) is 5.75 Å². The Hall–Kier alpha value is -3.45. The third-order valence-corrected chi connectivity index (χ3v) is 5.21. The molecule has 4 rings (SSSR count). The van der Waals surface area contributed by atoms with E-state index in [0.717, 1.165) is 10.9 Å². The minimum absolute atomic E-state index is 0.347. The van der Waals surface area contributed by atoms with Crippen LogP contribution in [0.25, 0.3) is 22.3 Å². The van der Waals surface area contributed by atoms with Crippen LogP contribution in [-0.2, 0) is 0 Å². The molecule has 7 heteroatoms. The third kappa shape index (κ3) is 4.51. The Morgan fingerprint density at radius 1 is 1.03 bits per heavy atom. The van der Waals surface area contributed by atoms with E-state index in [4.69, 9.17) is 4.74 Å². The zero-order chi connectivity index (χ0) is 21.8. The molecule has 0 unspecified atom stereocenters. The fraction of sp³-hybridized carbons (Fsp3) is 0.125. The summed E-state index contributed by atoms with van der Waals surface area (Å²) >= 11 is 3.41. The summed E-state index contributed by atoms with van der Waals surface area (Å²) in [7, 11) is 0. The van der Waals surface area contributed by atoms with E-state index in [2.05, 4.69) is 26.3 Å². The summed E-state index contributed by atoms with van der Waals surface area (Å²) in [5.41, 5.74) is 4.04. The highest BCUT2D eigenvalue weighted by Crippen LogP contribution is 2.21. The fourth-order valence-corrected chi connectivity index (χ4v) is 3.38. The van der Waals surface area contributed by atoms with E-state index in [0.29, 0.717) is 40.2 Å². The zero-order valence-electron chi connectivity index (χ0n) is 16.8. The van der Waals surface area contributed by atoms with Crippen molar-refractivity contribution in [1.29, 1.82) is 0 Å². The lowest BCUT2D eigenvalue weighted by Gasteiger charge is -2.15. The van der Waals surface area contributed by atoms with Crippen molar-refractivity contribution in [3.63, 3.8) is 0 Å². The van der Waals surface area contributed by atoms with Gasteiger partial charge in [0, 0.05) is 15.6 Å². The second kappa shape index (κ2) is 9.14. The van der Waals surface area contributed by atoms with E-state index in [1.54, 1.807) is 42.5 Å². The molecule has 31 heavy (non-hydrogen) atoms. The number of para-hydroxylation sites is 1. The molecule has 1 N–H and O–H groups in total. The van der Waals surface area contributed by atoms with Crippen LogP contribution >= 0.6 is 15.9 Å². The van der Waals surface area contributed by atoms with Gasteiger partial charge < -0.3 is 4.74 Å². The fourth-order valence-electron chi connectivity index (χ4n) is 3.12. The molecule has 0 atom stereocenters. The number of halogens is 1. The number of fused-ring (bicyclic) bond motifs is 1. The van der Waals surface area contributed by atoms with Gasteiger partial charge in [-0.2, -0.15) is 4.68 Å². The second-order valence-corrected chi connectivity index (χ2v) is 7.83. The van der Waals surface area contributed by atoms with Crippen LogP contribution in [0.5, 0.6) is 5.75 Å². The Balaban J connectivity index is 1.74. The summed E-state index contributed by atoms with van der Waals surface area (Å²) in [5.74, 6) is 0.630. The number of aromatic nitrogens is 2. The van der Waals surface area contributed by atoms with Gasteiger partial charge >= 0.3 is 0 Å². The van der Waals surface area contributed by atoms with Crippen molar-refractivity contribution in [3.05, 3.63) is 93.2 Å². The number of carbonyl (C=O) groups is 1. The quantitative estimate of drug-likeness (QED) is 0.424. The van der Waals surface area contributed by atoms with E-state index in [-0.39, 0.29) is 5.56 Å². The largest absolute Gasteiger partial charge is 0.494 e. The van der Waals surface area contributed by atoms with Crippen LogP contribution in [0.15, 0.2) is 82.1 Å². The van der Waals surface area contributed by atoms with Crippen LogP contribution in [0.3, 0.4) is 0 Å². The van der Waals surface area contributed by atoms with Crippen molar-refractivity contribution in [2.75, 3.05) is 12.0 Å². The monoisotopic (exact) mass is 477 g/mol. The van der Waals surface area contributed by atoms with Gasteiger partial charge in [-0.15, -0.1) is 0 Å². The van der Waals surface area contributed by atoms with Gasteiger partial charge in [-0.05, 0) is 55.0 Å². The first kappa shape index (κ1) is 20.8. The Labute approximate surface area is 187 Å². The van der Waals surface area contributed by atoms with E-state index in [9.17, 15) is 9.59 Å². The average Bonchev–Trinajstić information content (AvgIpc) is 2.80. The molecule has 0 aliphatic rings. The van der Waals surface area contributed by atoms with Crippen LogP contribution in [0.4, 0.5) is 0 Å². The normalized spacial score (nSPS) is 10.8. The molecule has 156 valence electrons. The third-order valence-electron chi connectivity index (χ3n) is 4.68. The SMILES string of the molecule is CCCOc1ccc(C(=O)Nn2c(-c3ccc(Br)cc3)nc3ccccc3c2=O)cc1. The molecule has 0 bridgehead atoms. The first-order valence-electron chi connectivity index (χ1n) is 9.89. The first-order chi connectivity index (χ1) is 15.1. The minimum Gasteiger partial charge on any atom is -0.494 e. The maximum atomic E-state index is 13.2. The Kier molecular flexibility index (Phi) is 6.13. The van der Waals surface area contributed by atoms with Crippen molar-refractivity contribution < 1.29 is 9.53 Å². The maximum absolute atomic E-state index is 13.2. The number of hydrogen-bond donors (Lipinski definition) is 1. The molecule has 0 saturated heterocycles. The second-order valence-electron chi connectivity index (χ2n) is 6.91. The van der Waals surface area contributed by atoms with Crippen molar-refractivity contribution in [1.82, 2.24) is 9.66 Å². The molecule has 4 aromatic rings. The van der Waals surface area contributed by atoms with E-state index < -0.39 is 5.91 Å². The van der Waals surface area contributed by atoms with Crippen LogP contribution in [0.2, 0.25) is 0 Å². The maximum Gasteiger partial charge on any atom is 0.280 e. The lowest BCUT2D eigenvalue weighted by atomic mass is 10.2. The van der Waals surface area contributed by atoms with Gasteiger partial charge in [-0.3, -0.25) is 15.0 Å². The standard InChI is InChI=1S/C24H20BrN3O3/c1-2-15-31-19-13-9-17(10-14-19)23(29)27-28-22(16-7-11-18(25)12-8-16)26-21-6-4-3-5-20(21)24(28)30/h3-14H,2,15H2,1H3,(H,27,29). The molecule has 0 aliphatic carbocycles. The highest BCUT2D eigenvalue weighted by atomic mass is 79.9. The smallest absolute Gasteiger partial charge is 0.280 e. The average molecular weight is 478 g/mol. The van der Waals surface area contributed by atoms with Gasteiger partial charge in [0.05, 0.1) is 17.5 Å². The van der Waals surface area contributed by atoms with E-state index in [1.165, 1.54) is 4.68 Å². The van der Waals surface area contributed by atoms with Gasteiger partial charge in [-0.1, -0.05) is 47.1 Å². The zero-order valence-corrected chi connectivity index (χ0v) is 18.4. The molecule has 6 nitrogen and oxygen atoms in total. The van der Waals surface area contributed by atoms with Gasteiger partial charge in [-0.25, -0.2) is 4.98 Å². The molecule has 0 spiro atoms. The summed E-state index contributed by atoms with van der Waals surface area (Å²) in [4.78, 5) is 30.8. The predicted octanol–water partition coefficient (Wildman–Crippen LogP) is 5.00. The topological polar surface area (TPSA) is 73.2 Å². The number of nitrogens with zero attached hydrogens (tertiary/aromatic N) is 2. The van der Waals surface area contributed by atoms with E-state index in [1.807, 2.05) is 37.3 Å². The number of carbonyl (C=O) groups excluding carboxylic acids is 1. The molecule has 1 aromatic heterocycles. The summed E-state index contributed by atoms with van der Waals surface area (Å²) in [6.45, 7) is 2.64. The number of hydrogen-bond acceptors (Lipinski definition) is 4. The molecule has 1 heterocycles. The molecule has 3 aromatic carbocycles. The molecule has 1 amide bonds. The van der Waals surface area contributed by atoms with E-state index >= 15 is 0 Å². The molecule has 0 saturated carbocycles. The van der Waals surface area contributed by atoms with Crippen molar-refractivity contribution in [2.24, 2.45) is 0 Å². The Bertz CT molecular complexity index is 1280. The molecule has 0 aliphatic heterocycles. The highest BCUT2D eigenvalue weighted by Gasteiger charge is 2.16. The van der Waals surface area contributed by atoms with Crippen molar-refractivity contribution in [3.8, 4) is 17.1 Å². The minimum atomic E-state index is -0.417. The number of benzene rings is 3. The number of rotatable bonds is 6. The van der Waals surface area contributed by atoms with Crippen molar-refractivity contribution in [2.45, 2.75) is 13.3 Å². The lowest BCUT2D eigenvalue weighted by molar-refractivity contribution is 0.101. The van der Waals surface area contributed by atoms with Crippen LogP contribution < -0.4 is 15.7 Å². The van der Waals surface area contributed by atoms with Gasteiger partial charge in [0.25, 0.3) is 11.5 Å². The number of ether oxygens (including phenoxy) is 1. The summed E-state index contributed by atoms with van der Waals surface area (Å²) < 4.78 is 7.67. The number of nitrogens with one attached hydrogen (secondary N) is 1. The van der Waals surface area contributed by atoms with Gasteiger partial charge in [0.2, 0.25) is 0 Å². The highest BCUT2D eigenvalue weighted by molar-refractivity contribution is 9.10. The summed E-state index contributed by atoms with van der Waals surface area (Å²) in [6, 6.07) is 21.3. The summed E-state index contributed by atoms with van der Waals surface area (Å²) in [5, 5.41) is 0.423. The van der Waals surface area contributed by atoms with Crippen LogP contribution in [0.1, 0.15) is 23.7 Å². The first-order valence-corrected chi connectivity index (χ1v) is 10.7. The lowest BCUT2D eigenvalue weighted by Crippen LogP contribution is -2.35. The van der Waals surface area contributed by atoms with Crippen LogP contribution in [0, 0.1) is 0 Å². The number of amides is 1. The molecular weight excluding hydrogens is 458 g/mol. The van der Waals surface area contributed by atoms with Gasteiger partial charge in [0.15, 0.2) is 5.82 Å². The summed E-state index contributed by atoms with van der Waals surface area (Å²) in [6.07, 6.45) is 0.902. The van der Waals surface area contributed by atoms with Crippen LogP contribution in [-0.4, -0.2) is 22.2 Å². The Morgan fingerprint density at radius 2 is 1.74 bits per heavy atom. The van der Waals surface area contributed by atoms with Crippen molar-refractivity contribution >= 4 is 32.7 Å². The molecule has 0 fully saturated rings. The Morgan fingerprint density at radius 3 is 2.45 bits per heavy atom. The molecular formula is C24H20BrN3O3. The predicted molar refractivity (Wildman–Crippen MR) is 125 cm³/mol. The molecule has 0 radical (unpaired) electrons.